The summed E-state index contributed by atoms with van der Waals surface area (Å²) in [6, 6.07) is 7.21. The van der Waals surface area contributed by atoms with Gasteiger partial charge in [0.2, 0.25) is 0 Å². The fourth-order valence-electron chi connectivity index (χ4n) is 1.75. The molecule has 108 valence electrons. The van der Waals surface area contributed by atoms with Gasteiger partial charge in [-0.3, -0.25) is 4.68 Å². The molecule has 2 rings (SSSR count). The summed E-state index contributed by atoms with van der Waals surface area (Å²) in [7, 11) is 1.87. The molecule has 0 fully saturated rings. The number of hydrogen-bond acceptors (Lipinski definition) is 4. The Morgan fingerprint density at radius 1 is 1.45 bits per heavy atom. The summed E-state index contributed by atoms with van der Waals surface area (Å²) >= 11 is 5.96. The van der Waals surface area contributed by atoms with Gasteiger partial charge < -0.3 is 15.2 Å². The number of aromatic nitrogens is 2. The summed E-state index contributed by atoms with van der Waals surface area (Å²) in [6.07, 6.45) is 3.13. The van der Waals surface area contributed by atoms with Crippen molar-refractivity contribution in [2.45, 2.75) is 12.6 Å². The Balaban J connectivity index is 1.68. The zero-order valence-electron chi connectivity index (χ0n) is 11.3. The minimum absolute atomic E-state index is 0.198. The monoisotopic (exact) mass is 295 g/mol. The van der Waals surface area contributed by atoms with Gasteiger partial charge in [-0.05, 0) is 12.1 Å². The van der Waals surface area contributed by atoms with E-state index in [2.05, 4.69) is 10.4 Å². The molecule has 5 nitrogen and oxygen atoms in total. The second-order valence-electron chi connectivity index (χ2n) is 4.55. The van der Waals surface area contributed by atoms with E-state index in [1.165, 1.54) is 0 Å². The molecule has 2 N–H and O–H groups in total. The smallest absolute Gasteiger partial charge is 0.138 e. The van der Waals surface area contributed by atoms with Crippen molar-refractivity contribution in [3.63, 3.8) is 0 Å². The number of aryl methyl sites for hydroxylation is 1. The first-order valence-corrected chi connectivity index (χ1v) is 6.76. The SMILES string of the molecule is Cn1cc(CNCC(O)COc2ccccc2Cl)cn1. The van der Waals surface area contributed by atoms with Gasteiger partial charge in [0, 0.05) is 31.9 Å². The lowest BCUT2D eigenvalue weighted by atomic mass is 10.3. The molecule has 0 aliphatic carbocycles. The minimum atomic E-state index is -0.594. The molecule has 6 heteroatoms. The van der Waals surface area contributed by atoms with Crippen LogP contribution in [0.3, 0.4) is 0 Å². The van der Waals surface area contributed by atoms with Crippen molar-refractivity contribution in [1.29, 1.82) is 0 Å². The fraction of sp³-hybridized carbons (Fsp3) is 0.357. The van der Waals surface area contributed by atoms with Crippen molar-refractivity contribution in [3.8, 4) is 5.75 Å². The molecule has 0 saturated heterocycles. The molecule has 1 aromatic heterocycles. The first-order valence-electron chi connectivity index (χ1n) is 6.39. The molecule has 0 bridgehead atoms. The van der Waals surface area contributed by atoms with Crippen LogP contribution in [0.5, 0.6) is 5.75 Å². The van der Waals surface area contributed by atoms with Gasteiger partial charge in [0.05, 0.1) is 11.2 Å². The molecule has 1 unspecified atom stereocenters. The summed E-state index contributed by atoms with van der Waals surface area (Å²) in [5.41, 5.74) is 1.08. The van der Waals surface area contributed by atoms with Gasteiger partial charge in [-0.25, -0.2) is 0 Å². The van der Waals surface area contributed by atoms with Gasteiger partial charge in [0.25, 0.3) is 0 Å². The van der Waals surface area contributed by atoms with Crippen molar-refractivity contribution in [3.05, 3.63) is 47.2 Å². The number of ether oxygens (including phenoxy) is 1. The van der Waals surface area contributed by atoms with E-state index in [0.717, 1.165) is 5.56 Å². The lowest BCUT2D eigenvalue weighted by Crippen LogP contribution is -2.31. The number of halogens is 1. The maximum Gasteiger partial charge on any atom is 0.138 e. The van der Waals surface area contributed by atoms with Crippen molar-refractivity contribution >= 4 is 11.6 Å². The van der Waals surface area contributed by atoms with Crippen molar-refractivity contribution < 1.29 is 9.84 Å². The number of para-hydroxylation sites is 1. The van der Waals surface area contributed by atoms with Crippen LogP contribution in [-0.4, -0.2) is 34.1 Å². The zero-order valence-corrected chi connectivity index (χ0v) is 12.0. The van der Waals surface area contributed by atoms with Gasteiger partial charge in [-0.2, -0.15) is 5.10 Å². The van der Waals surface area contributed by atoms with Crippen LogP contribution in [0.4, 0.5) is 0 Å². The molecular weight excluding hydrogens is 278 g/mol. The van der Waals surface area contributed by atoms with Gasteiger partial charge >= 0.3 is 0 Å². The molecule has 1 atom stereocenters. The van der Waals surface area contributed by atoms with Crippen LogP contribution < -0.4 is 10.1 Å². The number of aliphatic hydroxyl groups is 1. The Hall–Kier alpha value is -1.56. The first-order chi connectivity index (χ1) is 9.65. The molecule has 0 aliphatic rings. The fourth-order valence-corrected chi connectivity index (χ4v) is 1.94. The van der Waals surface area contributed by atoms with Crippen LogP contribution in [0.25, 0.3) is 0 Å². The average Bonchev–Trinajstić information content (AvgIpc) is 2.83. The molecule has 2 aromatic rings. The van der Waals surface area contributed by atoms with Crippen LogP contribution in [0.2, 0.25) is 5.02 Å². The van der Waals surface area contributed by atoms with Crippen LogP contribution in [0.15, 0.2) is 36.7 Å². The molecule has 0 saturated carbocycles. The summed E-state index contributed by atoms with van der Waals surface area (Å²) < 4.78 is 7.21. The van der Waals surface area contributed by atoms with Gasteiger partial charge in [0.15, 0.2) is 0 Å². The third kappa shape index (κ3) is 4.52. The Morgan fingerprint density at radius 3 is 2.95 bits per heavy atom. The van der Waals surface area contributed by atoms with E-state index in [1.54, 1.807) is 23.0 Å². The maximum atomic E-state index is 9.83. The highest BCUT2D eigenvalue weighted by Gasteiger charge is 2.07. The minimum Gasteiger partial charge on any atom is -0.489 e. The third-order valence-electron chi connectivity index (χ3n) is 2.74. The van der Waals surface area contributed by atoms with E-state index < -0.39 is 6.10 Å². The molecule has 0 spiro atoms. The first kappa shape index (κ1) is 14.8. The highest BCUT2D eigenvalue weighted by molar-refractivity contribution is 6.32. The average molecular weight is 296 g/mol. The van der Waals surface area contributed by atoms with Gasteiger partial charge in [-0.1, -0.05) is 23.7 Å². The summed E-state index contributed by atoms with van der Waals surface area (Å²) in [5, 5.41) is 17.6. The van der Waals surface area contributed by atoms with Crippen LogP contribution >= 0.6 is 11.6 Å². The quantitative estimate of drug-likeness (QED) is 0.815. The normalized spacial score (nSPS) is 12.3. The highest BCUT2D eigenvalue weighted by Crippen LogP contribution is 2.22. The Morgan fingerprint density at radius 2 is 2.25 bits per heavy atom. The number of benzene rings is 1. The molecule has 0 amide bonds. The number of nitrogens with zero attached hydrogens (tertiary/aromatic N) is 2. The lowest BCUT2D eigenvalue weighted by molar-refractivity contribution is 0.106. The maximum absolute atomic E-state index is 9.83. The third-order valence-corrected chi connectivity index (χ3v) is 3.05. The van der Waals surface area contributed by atoms with E-state index in [-0.39, 0.29) is 6.61 Å². The topological polar surface area (TPSA) is 59.3 Å². The molecule has 0 radical (unpaired) electrons. The number of nitrogens with one attached hydrogen (secondary N) is 1. The van der Waals surface area contributed by atoms with E-state index in [4.69, 9.17) is 16.3 Å². The Labute approximate surface area is 123 Å². The van der Waals surface area contributed by atoms with Crippen molar-refractivity contribution in [2.75, 3.05) is 13.2 Å². The predicted octanol–water partition coefficient (Wildman–Crippen LogP) is 1.60. The molecule has 0 aliphatic heterocycles. The Kier molecular flexibility index (Phi) is 5.40. The largest absolute Gasteiger partial charge is 0.489 e. The lowest BCUT2D eigenvalue weighted by Gasteiger charge is -2.13. The number of rotatable bonds is 7. The van der Waals surface area contributed by atoms with E-state index in [0.29, 0.717) is 23.9 Å². The number of aliphatic hydroxyl groups excluding tert-OH is 1. The highest BCUT2D eigenvalue weighted by atomic mass is 35.5. The van der Waals surface area contributed by atoms with E-state index in [9.17, 15) is 5.11 Å². The molecule has 1 aromatic carbocycles. The standard InChI is InChI=1S/C14H18ClN3O2/c1-18-9-11(7-17-18)6-16-8-12(19)10-20-14-5-3-2-4-13(14)15/h2-5,7,9,12,16,19H,6,8,10H2,1H3. The second-order valence-corrected chi connectivity index (χ2v) is 4.96. The second kappa shape index (κ2) is 7.28. The van der Waals surface area contributed by atoms with E-state index >= 15 is 0 Å². The summed E-state index contributed by atoms with van der Waals surface area (Å²) in [6.45, 7) is 1.31. The van der Waals surface area contributed by atoms with Crippen LogP contribution in [0, 0.1) is 0 Å². The van der Waals surface area contributed by atoms with Crippen LogP contribution in [0.1, 0.15) is 5.56 Å². The van der Waals surface area contributed by atoms with Gasteiger partial charge in [0.1, 0.15) is 18.5 Å². The molecular formula is C14H18ClN3O2. The van der Waals surface area contributed by atoms with Gasteiger partial charge in [-0.15, -0.1) is 0 Å². The Bertz CT molecular complexity index is 545. The number of hydrogen-bond donors (Lipinski definition) is 2. The van der Waals surface area contributed by atoms with Crippen LogP contribution in [-0.2, 0) is 13.6 Å². The summed E-state index contributed by atoms with van der Waals surface area (Å²) in [5.74, 6) is 0.584. The molecule has 20 heavy (non-hydrogen) atoms. The van der Waals surface area contributed by atoms with Crippen molar-refractivity contribution in [1.82, 2.24) is 15.1 Å². The van der Waals surface area contributed by atoms with E-state index in [1.807, 2.05) is 25.4 Å². The zero-order chi connectivity index (χ0) is 14.4. The predicted molar refractivity (Wildman–Crippen MR) is 77.9 cm³/mol. The van der Waals surface area contributed by atoms with Crippen molar-refractivity contribution in [2.24, 2.45) is 7.05 Å². The molecule has 1 heterocycles. The summed E-state index contributed by atoms with van der Waals surface area (Å²) in [4.78, 5) is 0.